The zero-order valence-electron chi connectivity index (χ0n) is 12.1. The van der Waals surface area contributed by atoms with E-state index in [-0.39, 0.29) is 17.7 Å². The van der Waals surface area contributed by atoms with E-state index >= 15 is 0 Å². The maximum absolute atomic E-state index is 12.6. The van der Waals surface area contributed by atoms with Crippen LogP contribution in [0.2, 0.25) is 0 Å². The molecule has 0 radical (unpaired) electrons. The lowest BCUT2D eigenvalue weighted by atomic mass is 10.0. The highest BCUT2D eigenvalue weighted by Gasteiger charge is 2.37. The van der Waals surface area contributed by atoms with E-state index in [1.165, 1.54) is 0 Å². The molecule has 2 N–H and O–H groups in total. The standard InChI is InChI=1S/C17H20N2O2/c1-11-4-2-7-15(16(20)8-11)19-10-14-12(9-18)5-3-6-13(14)17(19)21/h3,5-6,15H,1-2,4,7-10,18H2/t15-/m0/s1. The number of Topliss-reactive ketones (excluding diaryl/α,β-unsaturated/α-hetero) is 1. The zero-order valence-corrected chi connectivity index (χ0v) is 12.1. The first-order chi connectivity index (χ1) is 10.1. The van der Waals surface area contributed by atoms with Crippen molar-refractivity contribution in [1.29, 1.82) is 0 Å². The molecule has 1 aromatic carbocycles. The molecule has 1 amide bonds. The van der Waals surface area contributed by atoms with E-state index in [4.69, 9.17) is 5.73 Å². The van der Waals surface area contributed by atoms with Crippen LogP contribution in [0.5, 0.6) is 0 Å². The summed E-state index contributed by atoms with van der Waals surface area (Å²) in [7, 11) is 0. The molecule has 3 rings (SSSR count). The second kappa shape index (κ2) is 5.45. The average Bonchev–Trinajstić information content (AvgIpc) is 2.70. The molecular weight excluding hydrogens is 264 g/mol. The lowest BCUT2D eigenvalue weighted by molar-refractivity contribution is -0.122. The van der Waals surface area contributed by atoms with Crippen molar-refractivity contribution in [2.45, 2.75) is 44.8 Å². The number of amides is 1. The third kappa shape index (κ3) is 2.40. The molecule has 1 atom stereocenters. The smallest absolute Gasteiger partial charge is 0.255 e. The van der Waals surface area contributed by atoms with Crippen molar-refractivity contribution in [3.8, 4) is 0 Å². The summed E-state index contributed by atoms with van der Waals surface area (Å²) in [6, 6.07) is 5.33. The number of rotatable bonds is 2. The number of hydrogen-bond donors (Lipinski definition) is 1. The van der Waals surface area contributed by atoms with Crippen molar-refractivity contribution < 1.29 is 9.59 Å². The quantitative estimate of drug-likeness (QED) is 0.668. The van der Waals surface area contributed by atoms with Crippen LogP contribution >= 0.6 is 0 Å². The van der Waals surface area contributed by atoms with Gasteiger partial charge >= 0.3 is 0 Å². The van der Waals surface area contributed by atoms with Crippen LogP contribution in [0, 0.1) is 0 Å². The maximum Gasteiger partial charge on any atom is 0.255 e. The molecule has 0 saturated heterocycles. The maximum atomic E-state index is 12.6. The zero-order chi connectivity index (χ0) is 15.0. The summed E-state index contributed by atoms with van der Waals surface area (Å²) < 4.78 is 0. The number of nitrogens with two attached hydrogens (primary N) is 1. The molecule has 2 aliphatic rings. The van der Waals surface area contributed by atoms with Gasteiger partial charge in [0.15, 0.2) is 5.78 Å². The second-order valence-corrected chi connectivity index (χ2v) is 5.88. The molecule has 0 bridgehead atoms. The summed E-state index contributed by atoms with van der Waals surface area (Å²) in [5.41, 5.74) is 9.42. The fourth-order valence-electron chi connectivity index (χ4n) is 3.35. The molecule has 4 heteroatoms. The van der Waals surface area contributed by atoms with Crippen LogP contribution in [0.15, 0.2) is 30.4 Å². The molecule has 0 aromatic heterocycles. The van der Waals surface area contributed by atoms with Crippen LogP contribution in [0.1, 0.15) is 47.2 Å². The normalized spacial score (nSPS) is 22.4. The van der Waals surface area contributed by atoms with Crippen molar-refractivity contribution in [2.75, 3.05) is 0 Å². The Morgan fingerprint density at radius 2 is 2.14 bits per heavy atom. The van der Waals surface area contributed by atoms with Crippen molar-refractivity contribution in [3.05, 3.63) is 47.0 Å². The monoisotopic (exact) mass is 284 g/mol. The van der Waals surface area contributed by atoms with Crippen molar-refractivity contribution >= 4 is 11.7 Å². The topological polar surface area (TPSA) is 63.4 Å². The van der Waals surface area contributed by atoms with E-state index in [0.29, 0.717) is 25.1 Å². The van der Waals surface area contributed by atoms with E-state index < -0.39 is 0 Å². The van der Waals surface area contributed by atoms with Gasteiger partial charge in [-0.3, -0.25) is 9.59 Å². The number of carbonyl (C=O) groups is 2. The van der Waals surface area contributed by atoms with Gasteiger partial charge in [-0.15, -0.1) is 0 Å². The molecule has 1 saturated carbocycles. The predicted molar refractivity (Wildman–Crippen MR) is 80.6 cm³/mol. The first kappa shape index (κ1) is 14.0. The fourth-order valence-corrected chi connectivity index (χ4v) is 3.35. The Balaban J connectivity index is 1.90. The van der Waals surface area contributed by atoms with Crippen LogP contribution in [-0.4, -0.2) is 22.6 Å². The number of benzene rings is 1. The summed E-state index contributed by atoms with van der Waals surface area (Å²) in [6.07, 6.45) is 2.93. The minimum absolute atomic E-state index is 0.0360. The molecule has 0 unspecified atom stereocenters. The first-order valence-electron chi connectivity index (χ1n) is 7.43. The Bertz CT molecular complexity index is 621. The van der Waals surface area contributed by atoms with Crippen LogP contribution in [0.25, 0.3) is 0 Å². The number of nitrogens with zero attached hydrogens (tertiary/aromatic N) is 1. The Morgan fingerprint density at radius 3 is 2.90 bits per heavy atom. The van der Waals surface area contributed by atoms with Gasteiger partial charge in [0.1, 0.15) is 0 Å². The minimum atomic E-state index is -0.310. The number of carbonyl (C=O) groups excluding carboxylic acids is 2. The van der Waals surface area contributed by atoms with Gasteiger partial charge in [-0.1, -0.05) is 24.3 Å². The molecule has 1 heterocycles. The fraction of sp³-hybridized carbons (Fsp3) is 0.412. The Hall–Kier alpha value is -1.94. The molecule has 1 aliphatic carbocycles. The van der Waals surface area contributed by atoms with Gasteiger partial charge in [0.05, 0.1) is 6.04 Å². The van der Waals surface area contributed by atoms with E-state index in [1.54, 1.807) is 4.90 Å². The molecule has 21 heavy (non-hydrogen) atoms. The van der Waals surface area contributed by atoms with Gasteiger partial charge in [0.2, 0.25) is 0 Å². The van der Waals surface area contributed by atoms with Crippen molar-refractivity contribution in [1.82, 2.24) is 4.90 Å². The molecule has 110 valence electrons. The van der Waals surface area contributed by atoms with Gasteiger partial charge in [-0.25, -0.2) is 0 Å². The van der Waals surface area contributed by atoms with Gasteiger partial charge in [-0.2, -0.15) is 0 Å². The van der Waals surface area contributed by atoms with Gasteiger partial charge in [-0.05, 0) is 36.5 Å². The SMILES string of the molecule is C=C1CCC[C@H](N2Cc3c(CN)cccc3C2=O)C(=O)C1. The third-order valence-electron chi connectivity index (χ3n) is 4.49. The Morgan fingerprint density at radius 1 is 1.33 bits per heavy atom. The molecule has 1 aliphatic heterocycles. The van der Waals surface area contributed by atoms with Gasteiger partial charge < -0.3 is 10.6 Å². The number of ketones is 1. The van der Waals surface area contributed by atoms with E-state index in [0.717, 1.165) is 36.0 Å². The summed E-state index contributed by atoms with van der Waals surface area (Å²) in [5.74, 6) is 0.0825. The minimum Gasteiger partial charge on any atom is -0.326 e. The second-order valence-electron chi connectivity index (χ2n) is 5.88. The lowest BCUT2D eigenvalue weighted by Gasteiger charge is -2.25. The van der Waals surface area contributed by atoms with Crippen LogP contribution < -0.4 is 5.73 Å². The predicted octanol–water partition coefficient (Wildman–Crippen LogP) is 2.17. The summed E-state index contributed by atoms with van der Waals surface area (Å²) in [4.78, 5) is 26.7. The molecule has 1 aromatic rings. The highest BCUT2D eigenvalue weighted by atomic mass is 16.2. The highest BCUT2D eigenvalue weighted by Crippen LogP contribution is 2.31. The molecule has 0 spiro atoms. The number of hydrogen-bond acceptors (Lipinski definition) is 3. The third-order valence-corrected chi connectivity index (χ3v) is 4.49. The van der Waals surface area contributed by atoms with Crippen LogP contribution in [-0.2, 0) is 17.9 Å². The average molecular weight is 284 g/mol. The summed E-state index contributed by atoms with van der Waals surface area (Å²) in [6.45, 7) is 4.85. The van der Waals surface area contributed by atoms with Crippen LogP contribution in [0.4, 0.5) is 0 Å². The van der Waals surface area contributed by atoms with Crippen molar-refractivity contribution in [3.63, 3.8) is 0 Å². The van der Waals surface area contributed by atoms with Gasteiger partial charge in [0, 0.05) is 25.1 Å². The van der Waals surface area contributed by atoms with E-state index in [1.807, 2.05) is 18.2 Å². The largest absolute Gasteiger partial charge is 0.326 e. The number of fused-ring (bicyclic) bond motifs is 1. The Kier molecular flexibility index (Phi) is 3.64. The van der Waals surface area contributed by atoms with Crippen molar-refractivity contribution in [2.24, 2.45) is 5.73 Å². The summed E-state index contributed by atoms with van der Waals surface area (Å²) in [5, 5.41) is 0. The highest BCUT2D eigenvalue weighted by molar-refractivity contribution is 6.02. The van der Waals surface area contributed by atoms with Gasteiger partial charge in [0.25, 0.3) is 5.91 Å². The number of allylic oxidation sites excluding steroid dienone is 1. The first-order valence-corrected chi connectivity index (χ1v) is 7.43. The summed E-state index contributed by atoms with van der Waals surface area (Å²) >= 11 is 0. The molecule has 4 nitrogen and oxygen atoms in total. The molecular formula is C17H20N2O2. The van der Waals surface area contributed by atoms with E-state index in [9.17, 15) is 9.59 Å². The lowest BCUT2D eigenvalue weighted by Crippen LogP contribution is -2.40. The Labute approximate surface area is 124 Å². The van der Waals surface area contributed by atoms with Crippen LogP contribution in [0.3, 0.4) is 0 Å². The molecule has 1 fully saturated rings. The van der Waals surface area contributed by atoms with E-state index in [2.05, 4.69) is 6.58 Å².